The summed E-state index contributed by atoms with van der Waals surface area (Å²) in [6, 6.07) is 0.532. The zero-order valence-corrected chi connectivity index (χ0v) is 9.30. The van der Waals surface area contributed by atoms with Crippen LogP contribution < -0.4 is 10.6 Å². The van der Waals surface area contributed by atoms with Gasteiger partial charge in [-0.1, -0.05) is 0 Å². The van der Waals surface area contributed by atoms with Gasteiger partial charge in [-0.15, -0.1) is 0 Å². The van der Waals surface area contributed by atoms with E-state index < -0.39 is 5.60 Å². The molecule has 0 bridgehead atoms. The van der Waals surface area contributed by atoms with Crippen molar-refractivity contribution in [2.24, 2.45) is 0 Å². The van der Waals surface area contributed by atoms with Crippen molar-refractivity contribution in [3.05, 3.63) is 0 Å². The van der Waals surface area contributed by atoms with Crippen molar-refractivity contribution in [2.75, 3.05) is 32.8 Å². The van der Waals surface area contributed by atoms with Gasteiger partial charge in [0.05, 0.1) is 5.60 Å². The van der Waals surface area contributed by atoms with Crippen molar-refractivity contribution in [3.63, 3.8) is 0 Å². The van der Waals surface area contributed by atoms with E-state index in [9.17, 15) is 5.11 Å². The summed E-state index contributed by atoms with van der Waals surface area (Å²) in [6.07, 6.45) is 4.13. The molecule has 2 heterocycles. The van der Waals surface area contributed by atoms with Crippen LogP contribution in [0.4, 0.5) is 0 Å². The SMILES string of the molecule is OC1(CNC2CCOCC2)CCCNC1. The summed E-state index contributed by atoms with van der Waals surface area (Å²) in [6.45, 7) is 4.19. The number of aliphatic hydroxyl groups is 1. The van der Waals surface area contributed by atoms with Gasteiger partial charge >= 0.3 is 0 Å². The maximum atomic E-state index is 10.2. The molecule has 0 aromatic carbocycles. The van der Waals surface area contributed by atoms with Gasteiger partial charge in [0.15, 0.2) is 0 Å². The van der Waals surface area contributed by atoms with Crippen LogP contribution in [0, 0.1) is 0 Å². The Morgan fingerprint density at radius 3 is 2.87 bits per heavy atom. The van der Waals surface area contributed by atoms with E-state index in [4.69, 9.17) is 4.74 Å². The second kappa shape index (κ2) is 5.25. The van der Waals surface area contributed by atoms with Crippen molar-refractivity contribution in [1.29, 1.82) is 0 Å². The Morgan fingerprint density at radius 1 is 1.40 bits per heavy atom. The number of ether oxygens (including phenoxy) is 1. The molecule has 2 rings (SSSR count). The van der Waals surface area contributed by atoms with Crippen molar-refractivity contribution in [1.82, 2.24) is 10.6 Å². The molecule has 0 saturated carbocycles. The Hall–Kier alpha value is -0.160. The summed E-state index contributed by atoms with van der Waals surface area (Å²) in [5, 5.41) is 17.0. The van der Waals surface area contributed by atoms with Gasteiger partial charge in [-0.05, 0) is 32.2 Å². The fraction of sp³-hybridized carbons (Fsp3) is 1.00. The van der Waals surface area contributed by atoms with Gasteiger partial charge in [-0.25, -0.2) is 0 Å². The lowest BCUT2D eigenvalue weighted by molar-refractivity contribution is 0.00792. The molecule has 4 nitrogen and oxygen atoms in total. The van der Waals surface area contributed by atoms with Crippen LogP contribution >= 0.6 is 0 Å². The normalized spacial score (nSPS) is 34.2. The summed E-state index contributed by atoms with van der Waals surface area (Å²) in [5.41, 5.74) is -0.531. The minimum atomic E-state index is -0.531. The first kappa shape index (κ1) is 11.3. The van der Waals surface area contributed by atoms with Crippen LogP contribution in [0.25, 0.3) is 0 Å². The molecule has 2 saturated heterocycles. The Bertz CT molecular complexity index is 187. The predicted molar refractivity (Wildman–Crippen MR) is 58.9 cm³/mol. The second-order valence-electron chi connectivity index (χ2n) is 4.77. The molecule has 2 aliphatic heterocycles. The highest BCUT2D eigenvalue weighted by Gasteiger charge is 2.29. The molecule has 3 N–H and O–H groups in total. The zero-order valence-electron chi connectivity index (χ0n) is 9.30. The van der Waals surface area contributed by atoms with E-state index in [-0.39, 0.29) is 0 Å². The molecule has 1 atom stereocenters. The van der Waals surface area contributed by atoms with Gasteiger partial charge in [0.1, 0.15) is 0 Å². The van der Waals surface area contributed by atoms with Crippen LogP contribution in [0.15, 0.2) is 0 Å². The molecule has 0 aromatic heterocycles. The first-order valence-electron chi connectivity index (χ1n) is 6.03. The van der Waals surface area contributed by atoms with Gasteiger partial charge in [0.2, 0.25) is 0 Å². The number of nitrogens with one attached hydrogen (secondary N) is 2. The summed E-state index contributed by atoms with van der Waals surface area (Å²) >= 11 is 0. The third kappa shape index (κ3) is 3.41. The molecular weight excluding hydrogens is 192 g/mol. The topological polar surface area (TPSA) is 53.5 Å². The smallest absolute Gasteiger partial charge is 0.0895 e. The number of piperidine rings is 1. The fourth-order valence-electron chi connectivity index (χ4n) is 2.34. The molecule has 2 aliphatic rings. The highest BCUT2D eigenvalue weighted by molar-refractivity contribution is 4.88. The summed E-state index contributed by atoms with van der Waals surface area (Å²) in [4.78, 5) is 0. The Morgan fingerprint density at radius 2 is 2.20 bits per heavy atom. The quantitative estimate of drug-likeness (QED) is 0.612. The van der Waals surface area contributed by atoms with E-state index in [0.717, 1.165) is 52.0 Å². The van der Waals surface area contributed by atoms with Crippen LogP contribution in [0.2, 0.25) is 0 Å². The van der Waals surface area contributed by atoms with Gasteiger partial charge in [0.25, 0.3) is 0 Å². The van der Waals surface area contributed by atoms with E-state index in [1.807, 2.05) is 0 Å². The van der Waals surface area contributed by atoms with Gasteiger partial charge in [0, 0.05) is 32.3 Å². The molecule has 0 radical (unpaired) electrons. The fourth-order valence-corrected chi connectivity index (χ4v) is 2.34. The van der Waals surface area contributed by atoms with Crippen LogP contribution in [0.1, 0.15) is 25.7 Å². The van der Waals surface area contributed by atoms with Crippen LogP contribution in [-0.4, -0.2) is 49.6 Å². The molecule has 4 heteroatoms. The van der Waals surface area contributed by atoms with Crippen molar-refractivity contribution in [3.8, 4) is 0 Å². The van der Waals surface area contributed by atoms with Crippen LogP contribution in [0.5, 0.6) is 0 Å². The molecular formula is C11H22N2O2. The van der Waals surface area contributed by atoms with Crippen LogP contribution in [-0.2, 0) is 4.74 Å². The average Bonchev–Trinajstić information content (AvgIpc) is 2.29. The predicted octanol–water partition coefficient (Wildman–Crippen LogP) is -0.131. The van der Waals surface area contributed by atoms with E-state index in [0.29, 0.717) is 12.6 Å². The lowest BCUT2D eigenvalue weighted by atomic mass is 9.93. The molecule has 88 valence electrons. The third-order valence-electron chi connectivity index (χ3n) is 3.39. The average molecular weight is 214 g/mol. The minimum Gasteiger partial charge on any atom is -0.387 e. The lowest BCUT2D eigenvalue weighted by Crippen LogP contribution is -2.54. The number of rotatable bonds is 3. The summed E-state index contributed by atoms with van der Waals surface area (Å²) in [7, 11) is 0. The van der Waals surface area contributed by atoms with Crippen molar-refractivity contribution >= 4 is 0 Å². The first-order valence-corrected chi connectivity index (χ1v) is 6.03. The van der Waals surface area contributed by atoms with Gasteiger partial charge in [-0.3, -0.25) is 0 Å². The minimum absolute atomic E-state index is 0.531. The van der Waals surface area contributed by atoms with Crippen LogP contribution in [0.3, 0.4) is 0 Å². The molecule has 0 spiro atoms. The van der Waals surface area contributed by atoms with E-state index >= 15 is 0 Å². The first-order chi connectivity index (χ1) is 7.29. The standard InChI is InChI=1S/C11H22N2O2/c14-11(4-1-5-12-8-11)9-13-10-2-6-15-7-3-10/h10,12-14H,1-9H2. The number of hydrogen-bond acceptors (Lipinski definition) is 4. The zero-order chi connectivity index (χ0) is 10.6. The number of hydrogen-bond donors (Lipinski definition) is 3. The van der Waals surface area contributed by atoms with E-state index in [2.05, 4.69) is 10.6 Å². The monoisotopic (exact) mass is 214 g/mol. The second-order valence-corrected chi connectivity index (χ2v) is 4.77. The largest absolute Gasteiger partial charge is 0.387 e. The highest BCUT2D eigenvalue weighted by Crippen LogP contribution is 2.16. The lowest BCUT2D eigenvalue weighted by Gasteiger charge is -2.35. The van der Waals surface area contributed by atoms with Gasteiger partial charge in [-0.2, -0.15) is 0 Å². The Labute approximate surface area is 91.4 Å². The number of β-amino-alcohol motifs (C(OH)–C–C–N with tert-alkyl or cyclic N) is 1. The molecule has 1 unspecified atom stereocenters. The highest BCUT2D eigenvalue weighted by atomic mass is 16.5. The maximum Gasteiger partial charge on any atom is 0.0895 e. The van der Waals surface area contributed by atoms with Crippen molar-refractivity contribution in [2.45, 2.75) is 37.3 Å². The molecule has 0 aromatic rings. The molecule has 0 amide bonds. The maximum absolute atomic E-state index is 10.2. The Balaban J connectivity index is 1.70. The van der Waals surface area contributed by atoms with E-state index in [1.54, 1.807) is 0 Å². The Kier molecular flexibility index (Phi) is 3.97. The molecule has 0 aliphatic carbocycles. The molecule has 2 fully saturated rings. The summed E-state index contributed by atoms with van der Waals surface area (Å²) in [5.74, 6) is 0. The third-order valence-corrected chi connectivity index (χ3v) is 3.39. The van der Waals surface area contributed by atoms with E-state index in [1.165, 1.54) is 0 Å². The van der Waals surface area contributed by atoms with Gasteiger partial charge < -0.3 is 20.5 Å². The van der Waals surface area contributed by atoms with Crippen molar-refractivity contribution < 1.29 is 9.84 Å². The molecule has 15 heavy (non-hydrogen) atoms. The summed E-state index contributed by atoms with van der Waals surface area (Å²) < 4.78 is 5.30.